The van der Waals surface area contributed by atoms with E-state index in [2.05, 4.69) is 15.3 Å². The first-order chi connectivity index (χ1) is 11.5. The lowest BCUT2D eigenvalue weighted by Crippen LogP contribution is -2.22. The van der Waals surface area contributed by atoms with Crippen LogP contribution in [-0.2, 0) is 6.54 Å². The molecule has 1 amide bonds. The van der Waals surface area contributed by atoms with Crippen molar-refractivity contribution in [1.29, 1.82) is 0 Å². The van der Waals surface area contributed by atoms with Gasteiger partial charge < -0.3 is 14.8 Å². The molecule has 8 heteroatoms. The van der Waals surface area contributed by atoms with Crippen LogP contribution in [0.5, 0.6) is 0 Å². The summed E-state index contributed by atoms with van der Waals surface area (Å²) in [6.45, 7) is 2.13. The fraction of sp³-hybridized carbons (Fsp3) is 0.125. The van der Waals surface area contributed by atoms with Crippen LogP contribution in [0.25, 0.3) is 11.5 Å². The topological polar surface area (TPSA) is 105 Å². The smallest absolute Gasteiger partial charge is 0.354 e. The van der Waals surface area contributed by atoms with Crippen LogP contribution in [0.4, 0.5) is 0 Å². The van der Waals surface area contributed by atoms with E-state index in [1.54, 1.807) is 12.1 Å². The number of pyridine rings is 1. The minimum atomic E-state index is -1.14. The summed E-state index contributed by atoms with van der Waals surface area (Å²) in [7, 11) is 0. The summed E-state index contributed by atoms with van der Waals surface area (Å²) >= 11 is 1.54. The predicted molar refractivity (Wildman–Crippen MR) is 86.9 cm³/mol. The van der Waals surface area contributed by atoms with Gasteiger partial charge in [-0.05, 0) is 31.2 Å². The maximum absolute atomic E-state index is 12.0. The number of furan rings is 1. The number of carboxylic acid groups (broad SMARTS) is 1. The van der Waals surface area contributed by atoms with Crippen LogP contribution in [0.1, 0.15) is 31.6 Å². The molecule has 0 bridgehead atoms. The number of carboxylic acids is 1. The van der Waals surface area contributed by atoms with Gasteiger partial charge in [-0.25, -0.2) is 14.8 Å². The third-order valence-corrected chi connectivity index (χ3v) is 3.97. The number of rotatable bonds is 5. The van der Waals surface area contributed by atoms with Crippen LogP contribution in [0.2, 0.25) is 0 Å². The zero-order valence-electron chi connectivity index (χ0n) is 12.6. The second-order valence-electron chi connectivity index (χ2n) is 4.94. The third-order valence-electron chi connectivity index (χ3n) is 3.20. The molecule has 3 aromatic rings. The molecule has 0 spiro atoms. The van der Waals surface area contributed by atoms with E-state index >= 15 is 0 Å². The number of thiazole rings is 1. The molecular formula is C16H13N3O4S. The maximum Gasteiger partial charge on any atom is 0.354 e. The van der Waals surface area contributed by atoms with E-state index in [9.17, 15) is 9.59 Å². The molecule has 2 N–H and O–H groups in total. The van der Waals surface area contributed by atoms with Crippen molar-refractivity contribution in [1.82, 2.24) is 15.3 Å². The van der Waals surface area contributed by atoms with Gasteiger partial charge in [0.05, 0.1) is 17.1 Å². The second-order valence-corrected chi connectivity index (χ2v) is 6.00. The fourth-order valence-electron chi connectivity index (χ4n) is 2.01. The van der Waals surface area contributed by atoms with Crippen molar-refractivity contribution in [3.63, 3.8) is 0 Å². The van der Waals surface area contributed by atoms with Crippen molar-refractivity contribution >= 4 is 23.2 Å². The predicted octanol–water partition coefficient (Wildman–Crippen LogP) is 2.73. The number of hydrogen-bond donors (Lipinski definition) is 2. The summed E-state index contributed by atoms with van der Waals surface area (Å²) in [5.41, 5.74) is 0.936. The number of nitrogens with one attached hydrogen (secondary N) is 1. The van der Waals surface area contributed by atoms with E-state index in [-0.39, 0.29) is 23.7 Å². The van der Waals surface area contributed by atoms with Gasteiger partial charge in [0.25, 0.3) is 5.91 Å². The minimum absolute atomic E-state index is 0.110. The first-order valence-electron chi connectivity index (χ1n) is 7.01. The average molecular weight is 343 g/mol. The highest BCUT2D eigenvalue weighted by Gasteiger charge is 2.11. The van der Waals surface area contributed by atoms with Crippen molar-refractivity contribution in [3.8, 4) is 11.5 Å². The number of aromatic carboxylic acids is 1. The van der Waals surface area contributed by atoms with Crippen molar-refractivity contribution < 1.29 is 19.1 Å². The summed E-state index contributed by atoms with van der Waals surface area (Å²) in [5, 5.41) is 14.3. The van der Waals surface area contributed by atoms with Gasteiger partial charge in [-0.2, -0.15) is 0 Å². The Morgan fingerprint density at radius 3 is 2.75 bits per heavy atom. The highest BCUT2D eigenvalue weighted by molar-refractivity contribution is 7.09. The Kier molecular flexibility index (Phi) is 4.39. The lowest BCUT2D eigenvalue weighted by atomic mass is 10.2. The molecule has 7 nitrogen and oxygen atoms in total. The highest BCUT2D eigenvalue weighted by Crippen LogP contribution is 2.23. The molecule has 0 aliphatic heterocycles. The maximum atomic E-state index is 12.0. The van der Waals surface area contributed by atoms with Crippen LogP contribution in [0, 0.1) is 6.92 Å². The Morgan fingerprint density at radius 2 is 2.12 bits per heavy atom. The molecule has 3 heterocycles. The number of carbonyl (C=O) groups is 2. The quantitative estimate of drug-likeness (QED) is 0.738. The molecule has 24 heavy (non-hydrogen) atoms. The van der Waals surface area contributed by atoms with E-state index in [0.29, 0.717) is 11.5 Å². The monoisotopic (exact) mass is 343 g/mol. The number of aryl methyl sites for hydroxylation is 1. The molecule has 0 aliphatic rings. The van der Waals surface area contributed by atoms with Crippen LogP contribution in [0.3, 0.4) is 0 Å². The summed E-state index contributed by atoms with van der Waals surface area (Å²) in [4.78, 5) is 30.8. The van der Waals surface area contributed by atoms with E-state index < -0.39 is 5.97 Å². The Morgan fingerprint density at radius 1 is 1.29 bits per heavy atom. The molecular weight excluding hydrogens is 330 g/mol. The second kappa shape index (κ2) is 6.63. The normalized spacial score (nSPS) is 10.5. The van der Waals surface area contributed by atoms with E-state index in [1.807, 2.05) is 12.3 Å². The van der Waals surface area contributed by atoms with Gasteiger partial charge in [-0.15, -0.1) is 11.3 Å². The standard InChI is InChI=1S/C16H13N3O4S/c1-9-19-13(8-24-9)14-5-3-11(23-14)7-18-15(20)10-2-4-12(16(21)22)17-6-10/h2-6,8H,7H2,1H3,(H,18,20)(H,21,22). The number of carbonyl (C=O) groups excluding carboxylic acids is 1. The van der Waals surface area contributed by atoms with Gasteiger partial charge in [0.15, 0.2) is 5.76 Å². The van der Waals surface area contributed by atoms with Crippen molar-refractivity contribution in [2.24, 2.45) is 0 Å². The molecule has 0 fully saturated rings. The van der Waals surface area contributed by atoms with E-state index in [0.717, 1.165) is 10.7 Å². The molecule has 0 saturated carbocycles. The third kappa shape index (κ3) is 3.49. The summed E-state index contributed by atoms with van der Waals surface area (Å²) < 4.78 is 5.66. The van der Waals surface area contributed by atoms with Gasteiger partial charge >= 0.3 is 5.97 Å². The van der Waals surface area contributed by atoms with Crippen molar-refractivity contribution in [2.75, 3.05) is 0 Å². The van der Waals surface area contributed by atoms with Crippen molar-refractivity contribution in [2.45, 2.75) is 13.5 Å². The van der Waals surface area contributed by atoms with Gasteiger partial charge in [0.2, 0.25) is 0 Å². The molecule has 3 aromatic heterocycles. The Hall–Kier alpha value is -3.00. The van der Waals surface area contributed by atoms with Crippen LogP contribution in [-0.4, -0.2) is 27.0 Å². The largest absolute Gasteiger partial charge is 0.477 e. The summed E-state index contributed by atoms with van der Waals surface area (Å²) in [6.07, 6.45) is 1.23. The molecule has 0 saturated heterocycles. The first kappa shape index (κ1) is 15.9. The average Bonchev–Trinajstić information content (AvgIpc) is 3.21. The number of aromatic nitrogens is 2. The SMILES string of the molecule is Cc1nc(-c2ccc(CNC(=O)c3ccc(C(=O)O)nc3)o2)cs1. The molecule has 0 aromatic carbocycles. The molecule has 0 radical (unpaired) electrons. The number of amides is 1. The minimum Gasteiger partial charge on any atom is -0.477 e. The molecule has 0 atom stereocenters. The van der Waals surface area contributed by atoms with Crippen molar-refractivity contribution in [3.05, 3.63) is 57.9 Å². The first-order valence-corrected chi connectivity index (χ1v) is 7.89. The zero-order chi connectivity index (χ0) is 17.1. The highest BCUT2D eigenvalue weighted by atomic mass is 32.1. The molecule has 122 valence electrons. The lowest BCUT2D eigenvalue weighted by molar-refractivity contribution is 0.0689. The number of hydrogen-bond acceptors (Lipinski definition) is 6. The van der Waals surface area contributed by atoms with Gasteiger partial charge in [-0.1, -0.05) is 0 Å². The van der Waals surface area contributed by atoms with Gasteiger partial charge in [0.1, 0.15) is 17.1 Å². The Bertz CT molecular complexity index is 883. The van der Waals surface area contributed by atoms with Crippen LogP contribution >= 0.6 is 11.3 Å². The zero-order valence-corrected chi connectivity index (χ0v) is 13.5. The van der Waals surface area contributed by atoms with Gasteiger partial charge in [0, 0.05) is 11.6 Å². The van der Waals surface area contributed by atoms with Crippen LogP contribution in [0.15, 0.2) is 40.3 Å². The molecule has 0 aliphatic carbocycles. The Balaban J connectivity index is 1.62. The molecule has 3 rings (SSSR count). The van der Waals surface area contributed by atoms with E-state index in [4.69, 9.17) is 9.52 Å². The fourth-order valence-corrected chi connectivity index (χ4v) is 2.61. The summed E-state index contributed by atoms with van der Waals surface area (Å²) in [5.74, 6) is -0.251. The van der Waals surface area contributed by atoms with E-state index in [1.165, 1.54) is 29.7 Å². The summed E-state index contributed by atoms with van der Waals surface area (Å²) in [6, 6.07) is 6.28. The van der Waals surface area contributed by atoms with Gasteiger partial charge in [-0.3, -0.25) is 4.79 Å². The lowest BCUT2D eigenvalue weighted by Gasteiger charge is -2.03. The Labute approximate surface area is 141 Å². The van der Waals surface area contributed by atoms with Crippen LogP contribution < -0.4 is 5.32 Å². The number of nitrogens with zero attached hydrogens (tertiary/aromatic N) is 2. The molecule has 0 unspecified atom stereocenters.